The Balaban J connectivity index is 2.06. The summed E-state index contributed by atoms with van der Waals surface area (Å²) in [6.45, 7) is 2.04. The van der Waals surface area contributed by atoms with Gasteiger partial charge in [-0.3, -0.25) is 4.98 Å². The lowest BCUT2D eigenvalue weighted by atomic mass is 10.2. The van der Waals surface area contributed by atoms with E-state index in [1.807, 2.05) is 0 Å². The Morgan fingerprint density at radius 3 is 3.06 bits per heavy atom. The van der Waals surface area contributed by atoms with Crippen LogP contribution in [0, 0.1) is 6.92 Å². The smallest absolute Gasteiger partial charge is 0.343 e. The van der Waals surface area contributed by atoms with Gasteiger partial charge < -0.3 is 10.1 Å². The molecule has 0 aliphatic carbocycles. The Hall–Kier alpha value is -1.47. The first-order chi connectivity index (χ1) is 8.22. The molecule has 0 unspecified atom stereocenters. The number of nitrogens with one attached hydrogen (secondary N) is 1. The zero-order valence-electron chi connectivity index (χ0n) is 9.39. The number of carbonyl (C=O) groups is 1. The number of esters is 1. The van der Waals surface area contributed by atoms with Crippen molar-refractivity contribution >= 4 is 33.8 Å². The number of hydrogen-bond donors (Lipinski definition) is 1. The molecule has 0 bridgehead atoms. The van der Waals surface area contributed by atoms with Crippen LogP contribution in [-0.4, -0.2) is 22.4 Å². The number of aryl methyl sites for hydroxylation is 1. The van der Waals surface area contributed by atoms with Gasteiger partial charge in [-0.2, -0.15) is 4.37 Å². The molecule has 0 aromatic carbocycles. The fraction of sp³-hybridized carbons (Fsp3) is 0.300. The lowest BCUT2D eigenvalue weighted by molar-refractivity contribution is 0.0477. The SMILES string of the molecule is CNc1snc(C)c1C(=O)OCc1cncs1. The van der Waals surface area contributed by atoms with Crippen molar-refractivity contribution in [3.8, 4) is 0 Å². The number of carbonyl (C=O) groups excluding carboxylic acids is 1. The monoisotopic (exact) mass is 269 g/mol. The fourth-order valence-electron chi connectivity index (χ4n) is 1.30. The van der Waals surface area contributed by atoms with E-state index in [0.29, 0.717) is 11.3 Å². The van der Waals surface area contributed by atoms with Crippen LogP contribution in [0.3, 0.4) is 0 Å². The highest BCUT2D eigenvalue weighted by molar-refractivity contribution is 7.10. The highest BCUT2D eigenvalue weighted by Crippen LogP contribution is 2.25. The molecule has 0 spiro atoms. The maximum atomic E-state index is 11.9. The number of thiazole rings is 1. The lowest BCUT2D eigenvalue weighted by Gasteiger charge is -2.04. The summed E-state index contributed by atoms with van der Waals surface area (Å²) >= 11 is 2.72. The molecule has 17 heavy (non-hydrogen) atoms. The van der Waals surface area contributed by atoms with Gasteiger partial charge in [-0.1, -0.05) is 0 Å². The molecule has 2 aromatic rings. The van der Waals surface area contributed by atoms with E-state index < -0.39 is 0 Å². The Morgan fingerprint density at radius 1 is 1.59 bits per heavy atom. The second kappa shape index (κ2) is 5.24. The van der Waals surface area contributed by atoms with Crippen molar-refractivity contribution in [1.29, 1.82) is 0 Å². The van der Waals surface area contributed by atoms with Crippen LogP contribution in [0.4, 0.5) is 5.00 Å². The summed E-state index contributed by atoms with van der Waals surface area (Å²) in [5.74, 6) is -0.353. The molecule has 7 heteroatoms. The van der Waals surface area contributed by atoms with Gasteiger partial charge in [-0.25, -0.2) is 4.79 Å². The predicted octanol–water partition coefficient (Wildman–Crippen LogP) is 2.31. The highest BCUT2D eigenvalue weighted by Gasteiger charge is 2.19. The molecular weight excluding hydrogens is 258 g/mol. The summed E-state index contributed by atoms with van der Waals surface area (Å²) in [5.41, 5.74) is 2.91. The normalized spacial score (nSPS) is 10.2. The van der Waals surface area contributed by atoms with E-state index in [4.69, 9.17) is 4.74 Å². The van der Waals surface area contributed by atoms with Gasteiger partial charge in [0.25, 0.3) is 0 Å². The van der Waals surface area contributed by atoms with Crippen molar-refractivity contribution in [3.05, 3.63) is 27.8 Å². The first-order valence-corrected chi connectivity index (χ1v) is 6.56. The van der Waals surface area contributed by atoms with Crippen molar-refractivity contribution in [2.45, 2.75) is 13.5 Å². The van der Waals surface area contributed by atoms with Crippen LogP contribution in [0.15, 0.2) is 11.7 Å². The number of ether oxygens (including phenoxy) is 1. The van der Waals surface area contributed by atoms with Crippen LogP contribution in [-0.2, 0) is 11.3 Å². The third-order valence-corrected chi connectivity index (χ3v) is 3.83. The van der Waals surface area contributed by atoms with Crippen molar-refractivity contribution in [1.82, 2.24) is 9.36 Å². The van der Waals surface area contributed by atoms with E-state index >= 15 is 0 Å². The molecule has 2 rings (SSSR count). The minimum Gasteiger partial charge on any atom is -0.456 e. The van der Waals surface area contributed by atoms with Crippen LogP contribution in [0.25, 0.3) is 0 Å². The summed E-state index contributed by atoms with van der Waals surface area (Å²) in [6, 6.07) is 0. The van der Waals surface area contributed by atoms with Crippen LogP contribution >= 0.6 is 22.9 Å². The molecule has 0 saturated carbocycles. The molecule has 2 aromatic heterocycles. The van der Waals surface area contributed by atoms with E-state index in [-0.39, 0.29) is 12.6 Å². The summed E-state index contributed by atoms with van der Waals surface area (Å²) in [7, 11) is 1.76. The van der Waals surface area contributed by atoms with Crippen molar-refractivity contribution < 1.29 is 9.53 Å². The summed E-state index contributed by atoms with van der Waals surface area (Å²) < 4.78 is 9.33. The minimum atomic E-state index is -0.353. The summed E-state index contributed by atoms with van der Waals surface area (Å²) in [6.07, 6.45) is 1.69. The van der Waals surface area contributed by atoms with Gasteiger partial charge in [0.2, 0.25) is 0 Å². The lowest BCUT2D eigenvalue weighted by Crippen LogP contribution is -2.07. The van der Waals surface area contributed by atoms with Crippen LogP contribution in [0.2, 0.25) is 0 Å². The zero-order valence-corrected chi connectivity index (χ0v) is 11.0. The molecule has 0 aliphatic heterocycles. The molecule has 0 atom stereocenters. The van der Waals surface area contributed by atoms with Gasteiger partial charge >= 0.3 is 5.97 Å². The van der Waals surface area contributed by atoms with E-state index in [2.05, 4.69) is 14.7 Å². The third-order valence-electron chi connectivity index (χ3n) is 2.12. The van der Waals surface area contributed by atoms with Crippen LogP contribution in [0.1, 0.15) is 20.9 Å². The molecular formula is C10H11N3O2S2. The standard InChI is InChI=1S/C10H11N3O2S2/c1-6-8(9(11-2)17-13-6)10(14)15-4-7-3-12-5-16-7/h3,5,11H,4H2,1-2H3. The van der Waals surface area contributed by atoms with Gasteiger partial charge in [-0.05, 0) is 18.5 Å². The van der Waals surface area contributed by atoms with E-state index in [0.717, 1.165) is 9.88 Å². The van der Waals surface area contributed by atoms with Crippen molar-refractivity contribution in [2.24, 2.45) is 0 Å². The van der Waals surface area contributed by atoms with Crippen molar-refractivity contribution in [3.63, 3.8) is 0 Å². The van der Waals surface area contributed by atoms with Gasteiger partial charge in [0.1, 0.15) is 17.2 Å². The Labute approximate surface area is 107 Å². The van der Waals surface area contributed by atoms with Gasteiger partial charge in [-0.15, -0.1) is 11.3 Å². The Bertz CT molecular complexity index is 508. The molecule has 0 amide bonds. The summed E-state index contributed by atoms with van der Waals surface area (Å²) in [5, 5.41) is 3.67. The quantitative estimate of drug-likeness (QED) is 0.863. The second-order valence-corrected chi connectivity index (χ2v) is 5.01. The predicted molar refractivity (Wildman–Crippen MR) is 67.6 cm³/mol. The molecule has 0 fully saturated rings. The van der Waals surface area contributed by atoms with Crippen molar-refractivity contribution in [2.75, 3.05) is 12.4 Å². The van der Waals surface area contributed by atoms with E-state index in [9.17, 15) is 4.79 Å². The molecule has 2 heterocycles. The largest absolute Gasteiger partial charge is 0.456 e. The molecule has 90 valence electrons. The maximum absolute atomic E-state index is 11.9. The molecule has 0 saturated heterocycles. The van der Waals surface area contributed by atoms with Gasteiger partial charge in [0.15, 0.2) is 0 Å². The van der Waals surface area contributed by atoms with Crippen LogP contribution < -0.4 is 5.32 Å². The Morgan fingerprint density at radius 2 is 2.41 bits per heavy atom. The number of anilines is 1. The van der Waals surface area contributed by atoms with Gasteiger partial charge in [0.05, 0.1) is 16.1 Å². The third kappa shape index (κ3) is 2.62. The average molecular weight is 269 g/mol. The molecule has 1 N–H and O–H groups in total. The number of nitrogens with zero attached hydrogens (tertiary/aromatic N) is 2. The first kappa shape index (κ1) is 12.0. The molecule has 0 radical (unpaired) electrons. The number of rotatable bonds is 4. The summed E-state index contributed by atoms with van der Waals surface area (Å²) in [4.78, 5) is 16.7. The fourth-order valence-corrected chi connectivity index (χ4v) is 2.54. The zero-order chi connectivity index (χ0) is 12.3. The second-order valence-electron chi connectivity index (χ2n) is 3.27. The topological polar surface area (TPSA) is 64.1 Å². The van der Waals surface area contributed by atoms with Gasteiger partial charge in [0, 0.05) is 13.2 Å². The minimum absolute atomic E-state index is 0.252. The van der Waals surface area contributed by atoms with E-state index in [1.165, 1.54) is 22.9 Å². The average Bonchev–Trinajstić information content (AvgIpc) is 2.94. The number of aromatic nitrogens is 2. The first-order valence-electron chi connectivity index (χ1n) is 4.91. The maximum Gasteiger partial charge on any atom is 0.343 e. The number of hydrogen-bond acceptors (Lipinski definition) is 7. The van der Waals surface area contributed by atoms with Crippen LogP contribution in [0.5, 0.6) is 0 Å². The highest BCUT2D eigenvalue weighted by atomic mass is 32.1. The molecule has 0 aliphatic rings. The van der Waals surface area contributed by atoms with E-state index in [1.54, 1.807) is 25.7 Å². The molecule has 5 nitrogen and oxygen atoms in total. The Kier molecular flexibility index (Phi) is 3.70.